The minimum atomic E-state index is -1.03. The van der Waals surface area contributed by atoms with Gasteiger partial charge in [-0.1, -0.05) is 0 Å². The van der Waals surface area contributed by atoms with Gasteiger partial charge in [0.2, 0.25) is 0 Å². The maximum atomic E-state index is 11.9. The number of hydrogen-bond donors (Lipinski definition) is 2. The van der Waals surface area contributed by atoms with E-state index in [1.54, 1.807) is 0 Å². The number of carbonyl (C=O) groups excluding carboxylic acids is 1. The molecule has 0 bridgehead atoms. The van der Waals surface area contributed by atoms with Gasteiger partial charge in [-0.15, -0.1) is 0 Å². The van der Waals surface area contributed by atoms with Crippen molar-refractivity contribution >= 4 is 12.0 Å². The molecule has 2 rings (SSSR count). The fourth-order valence-corrected chi connectivity index (χ4v) is 2.47. The molecule has 114 valence electrons. The Labute approximate surface area is 118 Å². The number of ether oxygens (including phenoxy) is 2. The molecule has 0 aromatic rings. The Morgan fingerprint density at radius 1 is 1.25 bits per heavy atom. The lowest BCUT2D eigenvalue weighted by Crippen LogP contribution is -2.52. The molecular formula is C13H22N2O5. The number of carboxylic acids is 1. The quantitative estimate of drug-likeness (QED) is 0.783. The summed E-state index contributed by atoms with van der Waals surface area (Å²) in [5.41, 5.74) is 0. The first kappa shape index (κ1) is 15.1. The molecule has 2 aliphatic rings. The standard InChI is InChI=1S/C13H22N2O5/c16-12(17)11-9-15(6-8-20-11)13(18)14-5-4-10-3-1-2-7-19-10/h10-11H,1-9H2,(H,14,18)(H,16,17). The van der Waals surface area contributed by atoms with Gasteiger partial charge < -0.3 is 24.8 Å². The predicted molar refractivity (Wildman–Crippen MR) is 70.6 cm³/mol. The molecule has 0 spiro atoms. The van der Waals surface area contributed by atoms with Gasteiger partial charge in [0.1, 0.15) is 0 Å². The first-order valence-corrected chi connectivity index (χ1v) is 7.15. The number of hydrogen-bond acceptors (Lipinski definition) is 4. The largest absolute Gasteiger partial charge is 0.479 e. The number of urea groups is 1. The first-order valence-electron chi connectivity index (χ1n) is 7.15. The fourth-order valence-electron chi connectivity index (χ4n) is 2.47. The molecule has 0 radical (unpaired) electrons. The topological polar surface area (TPSA) is 88.1 Å². The average Bonchev–Trinajstić information content (AvgIpc) is 2.48. The molecule has 2 saturated heterocycles. The van der Waals surface area contributed by atoms with Gasteiger partial charge in [0.15, 0.2) is 6.10 Å². The Kier molecular flexibility index (Phi) is 5.60. The molecule has 20 heavy (non-hydrogen) atoms. The summed E-state index contributed by atoms with van der Waals surface area (Å²) < 4.78 is 10.7. The summed E-state index contributed by atoms with van der Waals surface area (Å²) >= 11 is 0. The van der Waals surface area contributed by atoms with E-state index < -0.39 is 12.1 Å². The third kappa shape index (κ3) is 4.35. The maximum Gasteiger partial charge on any atom is 0.334 e. The molecule has 0 aromatic carbocycles. The highest BCUT2D eigenvalue weighted by atomic mass is 16.5. The summed E-state index contributed by atoms with van der Waals surface area (Å²) in [4.78, 5) is 24.3. The van der Waals surface area contributed by atoms with Crippen LogP contribution in [0, 0.1) is 0 Å². The Bertz CT molecular complexity index is 344. The molecule has 7 nitrogen and oxygen atoms in total. The lowest BCUT2D eigenvalue weighted by Gasteiger charge is -2.31. The lowest BCUT2D eigenvalue weighted by molar-refractivity contribution is -0.154. The Morgan fingerprint density at radius 3 is 2.80 bits per heavy atom. The fraction of sp³-hybridized carbons (Fsp3) is 0.846. The number of carbonyl (C=O) groups is 2. The smallest absolute Gasteiger partial charge is 0.334 e. The van der Waals surface area contributed by atoms with Crippen LogP contribution in [0.4, 0.5) is 4.79 Å². The molecule has 0 aliphatic carbocycles. The van der Waals surface area contributed by atoms with Crippen LogP contribution in [0.25, 0.3) is 0 Å². The number of nitrogens with one attached hydrogen (secondary N) is 1. The van der Waals surface area contributed by atoms with Crippen molar-refractivity contribution in [2.45, 2.75) is 37.9 Å². The van der Waals surface area contributed by atoms with E-state index in [1.807, 2.05) is 0 Å². The minimum absolute atomic E-state index is 0.0983. The predicted octanol–water partition coefficient (Wildman–Crippen LogP) is 0.441. The number of amides is 2. The second-order valence-electron chi connectivity index (χ2n) is 5.15. The van der Waals surface area contributed by atoms with Crippen molar-refractivity contribution in [1.82, 2.24) is 10.2 Å². The number of rotatable bonds is 4. The van der Waals surface area contributed by atoms with E-state index in [2.05, 4.69) is 5.32 Å². The summed E-state index contributed by atoms with van der Waals surface area (Å²) in [7, 11) is 0. The molecule has 2 N–H and O–H groups in total. The van der Waals surface area contributed by atoms with Crippen LogP contribution in [-0.2, 0) is 14.3 Å². The summed E-state index contributed by atoms with van der Waals surface area (Å²) in [5, 5.41) is 11.7. The van der Waals surface area contributed by atoms with Gasteiger partial charge in [0, 0.05) is 19.7 Å². The van der Waals surface area contributed by atoms with Crippen LogP contribution in [0.5, 0.6) is 0 Å². The highest BCUT2D eigenvalue weighted by Crippen LogP contribution is 2.15. The lowest BCUT2D eigenvalue weighted by atomic mass is 10.1. The monoisotopic (exact) mass is 286 g/mol. The van der Waals surface area contributed by atoms with E-state index in [0.29, 0.717) is 13.1 Å². The Balaban J connectivity index is 1.67. The third-order valence-electron chi connectivity index (χ3n) is 3.65. The number of morpholine rings is 1. The Morgan fingerprint density at radius 2 is 2.10 bits per heavy atom. The second kappa shape index (κ2) is 7.44. The van der Waals surface area contributed by atoms with Crippen molar-refractivity contribution in [1.29, 1.82) is 0 Å². The van der Waals surface area contributed by atoms with E-state index in [0.717, 1.165) is 25.9 Å². The summed E-state index contributed by atoms with van der Waals surface area (Å²) in [6.07, 6.45) is 3.47. The van der Waals surface area contributed by atoms with E-state index in [1.165, 1.54) is 11.3 Å². The van der Waals surface area contributed by atoms with E-state index in [4.69, 9.17) is 14.6 Å². The third-order valence-corrected chi connectivity index (χ3v) is 3.65. The van der Waals surface area contributed by atoms with Crippen LogP contribution < -0.4 is 5.32 Å². The average molecular weight is 286 g/mol. The van der Waals surface area contributed by atoms with Crippen LogP contribution in [0.2, 0.25) is 0 Å². The number of nitrogens with zero attached hydrogens (tertiary/aromatic N) is 1. The van der Waals surface area contributed by atoms with Crippen molar-refractivity contribution in [3.8, 4) is 0 Å². The zero-order chi connectivity index (χ0) is 14.4. The highest BCUT2D eigenvalue weighted by molar-refractivity contribution is 5.77. The molecule has 2 aliphatic heterocycles. The zero-order valence-corrected chi connectivity index (χ0v) is 11.5. The van der Waals surface area contributed by atoms with Gasteiger partial charge in [-0.2, -0.15) is 0 Å². The van der Waals surface area contributed by atoms with Gasteiger partial charge in [0.25, 0.3) is 0 Å². The van der Waals surface area contributed by atoms with Gasteiger partial charge >= 0.3 is 12.0 Å². The van der Waals surface area contributed by atoms with Crippen molar-refractivity contribution < 1.29 is 24.2 Å². The molecule has 2 amide bonds. The number of carboxylic acid groups (broad SMARTS) is 1. The molecular weight excluding hydrogens is 264 g/mol. The zero-order valence-electron chi connectivity index (χ0n) is 11.5. The van der Waals surface area contributed by atoms with Crippen molar-refractivity contribution in [3.05, 3.63) is 0 Å². The van der Waals surface area contributed by atoms with Gasteiger partial charge in [-0.3, -0.25) is 0 Å². The van der Waals surface area contributed by atoms with Crippen molar-refractivity contribution in [2.24, 2.45) is 0 Å². The molecule has 2 fully saturated rings. The van der Waals surface area contributed by atoms with E-state index >= 15 is 0 Å². The van der Waals surface area contributed by atoms with Gasteiger partial charge in [-0.05, 0) is 25.7 Å². The molecule has 2 unspecified atom stereocenters. The normalized spacial score (nSPS) is 27.1. The SMILES string of the molecule is O=C(O)C1CN(C(=O)NCCC2CCCCO2)CCO1. The van der Waals surface area contributed by atoms with Crippen LogP contribution in [0.3, 0.4) is 0 Å². The van der Waals surface area contributed by atoms with Crippen LogP contribution in [0.1, 0.15) is 25.7 Å². The van der Waals surface area contributed by atoms with Crippen molar-refractivity contribution in [3.63, 3.8) is 0 Å². The second-order valence-corrected chi connectivity index (χ2v) is 5.15. The van der Waals surface area contributed by atoms with Gasteiger partial charge in [0.05, 0.1) is 19.3 Å². The molecule has 0 aromatic heterocycles. The van der Waals surface area contributed by atoms with Crippen molar-refractivity contribution in [2.75, 3.05) is 32.8 Å². The maximum absolute atomic E-state index is 11.9. The van der Waals surface area contributed by atoms with E-state index in [-0.39, 0.29) is 25.3 Å². The molecule has 0 saturated carbocycles. The summed E-state index contributed by atoms with van der Waals surface area (Å²) in [6, 6.07) is -0.227. The summed E-state index contributed by atoms with van der Waals surface area (Å²) in [6.45, 7) is 2.15. The molecule has 2 heterocycles. The molecule has 2 atom stereocenters. The number of aliphatic carboxylic acids is 1. The highest BCUT2D eigenvalue weighted by Gasteiger charge is 2.28. The minimum Gasteiger partial charge on any atom is -0.479 e. The van der Waals surface area contributed by atoms with Crippen LogP contribution >= 0.6 is 0 Å². The van der Waals surface area contributed by atoms with Crippen LogP contribution in [-0.4, -0.2) is 67.1 Å². The van der Waals surface area contributed by atoms with Gasteiger partial charge in [-0.25, -0.2) is 9.59 Å². The summed E-state index contributed by atoms with van der Waals surface area (Å²) in [5.74, 6) is -1.03. The first-order chi connectivity index (χ1) is 9.66. The Hall–Kier alpha value is -1.34. The van der Waals surface area contributed by atoms with Crippen LogP contribution in [0.15, 0.2) is 0 Å². The molecule has 7 heteroatoms. The van der Waals surface area contributed by atoms with E-state index in [9.17, 15) is 9.59 Å².